The van der Waals surface area contributed by atoms with E-state index < -0.39 is 10.0 Å². The fraction of sp³-hybridized carbons (Fsp3) is 0.364. The van der Waals surface area contributed by atoms with Gasteiger partial charge in [0, 0.05) is 6.42 Å². The summed E-state index contributed by atoms with van der Waals surface area (Å²) in [7, 11) is -2.25. The van der Waals surface area contributed by atoms with Gasteiger partial charge in [0.2, 0.25) is 10.0 Å². The Hall–Kier alpha value is -2.51. The zero-order chi connectivity index (χ0) is 21.4. The molecule has 1 aliphatic rings. The molecule has 7 heteroatoms. The van der Waals surface area contributed by atoms with Crippen molar-refractivity contribution in [2.24, 2.45) is 0 Å². The van der Waals surface area contributed by atoms with Crippen molar-refractivity contribution in [3.8, 4) is 5.75 Å². The standard InChI is InChI=1S/C22H29NO5S/c1-6-27-18(4)15-23(16-21-10-9-20(28-21)8-7-17(2)3)29(24,25)22-13-11-19(26-5)12-14-22/h7-8,10-14H,4,6,9,15-16H2,1-3,5H3/b20-8+. The Bertz CT molecular complexity index is 907. The number of rotatable bonds is 10. The fourth-order valence-electron chi connectivity index (χ4n) is 2.67. The van der Waals surface area contributed by atoms with Gasteiger partial charge in [-0.1, -0.05) is 18.2 Å². The van der Waals surface area contributed by atoms with Crippen molar-refractivity contribution in [3.63, 3.8) is 0 Å². The average molecular weight is 420 g/mol. The van der Waals surface area contributed by atoms with Crippen molar-refractivity contribution < 1.29 is 22.6 Å². The van der Waals surface area contributed by atoms with E-state index in [1.807, 2.05) is 39.0 Å². The number of benzene rings is 1. The molecular weight excluding hydrogens is 390 g/mol. The Morgan fingerprint density at radius 3 is 2.55 bits per heavy atom. The van der Waals surface area contributed by atoms with Crippen molar-refractivity contribution in [1.82, 2.24) is 4.31 Å². The summed E-state index contributed by atoms with van der Waals surface area (Å²) < 4.78 is 44.1. The lowest BCUT2D eigenvalue weighted by atomic mass is 10.3. The smallest absolute Gasteiger partial charge is 0.243 e. The average Bonchev–Trinajstić information content (AvgIpc) is 3.13. The van der Waals surface area contributed by atoms with Gasteiger partial charge in [-0.05, 0) is 57.2 Å². The molecule has 0 N–H and O–H groups in total. The first-order chi connectivity index (χ1) is 13.8. The molecule has 2 rings (SSSR count). The maximum Gasteiger partial charge on any atom is 0.243 e. The van der Waals surface area contributed by atoms with Gasteiger partial charge >= 0.3 is 0 Å². The summed E-state index contributed by atoms with van der Waals surface area (Å²) >= 11 is 0. The molecule has 0 radical (unpaired) electrons. The second-order valence-corrected chi connectivity index (χ2v) is 8.71. The highest BCUT2D eigenvalue weighted by molar-refractivity contribution is 7.89. The third-order valence-electron chi connectivity index (χ3n) is 4.13. The SMILES string of the molecule is C=C(CN(CC1=CC/C(=C\C=C(C)C)O1)S(=O)(=O)c1ccc(OC)cc1)OCC. The molecule has 1 aromatic rings. The Morgan fingerprint density at radius 1 is 1.28 bits per heavy atom. The van der Waals surface area contributed by atoms with Crippen LogP contribution in [0, 0.1) is 0 Å². The van der Waals surface area contributed by atoms with E-state index in [0.717, 1.165) is 11.3 Å². The minimum atomic E-state index is -3.79. The first-order valence-corrected chi connectivity index (χ1v) is 10.9. The topological polar surface area (TPSA) is 65.1 Å². The zero-order valence-corrected chi connectivity index (χ0v) is 18.3. The highest BCUT2D eigenvalue weighted by atomic mass is 32.2. The second-order valence-electron chi connectivity index (χ2n) is 6.77. The third-order valence-corrected chi connectivity index (χ3v) is 5.93. The van der Waals surface area contributed by atoms with Crippen LogP contribution in [0.1, 0.15) is 27.2 Å². The maximum atomic E-state index is 13.2. The Morgan fingerprint density at radius 2 is 1.97 bits per heavy atom. The maximum absolute atomic E-state index is 13.2. The molecule has 0 saturated carbocycles. The van der Waals surface area contributed by atoms with Crippen LogP contribution >= 0.6 is 0 Å². The molecule has 158 valence electrons. The van der Waals surface area contributed by atoms with E-state index in [1.165, 1.54) is 23.5 Å². The van der Waals surface area contributed by atoms with Gasteiger partial charge in [-0.15, -0.1) is 0 Å². The van der Waals surface area contributed by atoms with Crippen LogP contribution in [0.25, 0.3) is 0 Å². The summed E-state index contributed by atoms with van der Waals surface area (Å²) in [5, 5.41) is 0. The molecule has 6 nitrogen and oxygen atoms in total. The van der Waals surface area contributed by atoms with Gasteiger partial charge in [-0.3, -0.25) is 0 Å². The van der Waals surface area contributed by atoms with Crippen LogP contribution in [0.15, 0.2) is 76.8 Å². The van der Waals surface area contributed by atoms with Gasteiger partial charge in [-0.25, -0.2) is 8.42 Å². The minimum Gasteiger partial charge on any atom is -0.497 e. The van der Waals surface area contributed by atoms with Crippen LogP contribution in [0.3, 0.4) is 0 Å². The molecule has 0 amide bonds. The molecular formula is C22H29NO5S. The first kappa shape index (κ1) is 22.8. The van der Waals surface area contributed by atoms with E-state index in [2.05, 4.69) is 6.58 Å². The number of allylic oxidation sites excluding steroid dienone is 4. The molecule has 0 aliphatic carbocycles. The van der Waals surface area contributed by atoms with E-state index in [4.69, 9.17) is 14.2 Å². The molecule has 0 unspecified atom stereocenters. The van der Waals surface area contributed by atoms with E-state index >= 15 is 0 Å². The molecule has 0 fully saturated rings. The summed E-state index contributed by atoms with van der Waals surface area (Å²) in [4.78, 5) is 0.168. The minimum absolute atomic E-state index is 0.0376. The van der Waals surface area contributed by atoms with E-state index in [9.17, 15) is 8.42 Å². The molecule has 29 heavy (non-hydrogen) atoms. The number of sulfonamides is 1. The number of hydrogen-bond donors (Lipinski definition) is 0. The molecule has 0 bridgehead atoms. The van der Waals surface area contributed by atoms with E-state index in [-0.39, 0.29) is 18.0 Å². The van der Waals surface area contributed by atoms with Gasteiger partial charge in [-0.2, -0.15) is 4.31 Å². The number of nitrogens with zero attached hydrogens (tertiary/aromatic N) is 1. The lowest BCUT2D eigenvalue weighted by Gasteiger charge is -2.23. The number of hydrogen-bond acceptors (Lipinski definition) is 5. The predicted molar refractivity (Wildman–Crippen MR) is 114 cm³/mol. The monoisotopic (exact) mass is 419 g/mol. The van der Waals surface area contributed by atoms with Crippen LogP contribution in [0.5, 0.6) is 5.75 Å². The summed E-state index contributed by atoms with van der Waals surface area (Å²) in [5.74, 6) is 2.33. The Labute approximate surface area is 173 Å². The predicted octanol–water partition coefficient (Wildman–Crippen LogP) is 4.39. The molecule has 1 aliphatic heterocycles. The van der Waals surface area contributed by atoms with Gasteiger partial charge in [0.15, 0.2) is 0 Å². The highest BCUT2D eigenvalue weighted by Gasteiger charge is 2.28. The fourth-order valence-corrected chi connectivity index (χ4v) is 4.06. The molecule has 1 aromatic carbocycles. The van der Waals surface area contributed by atoms with Gasteiger partial charge in [0.1, 0.15) is 23.0 Å². The van der Waals surface area contributed by atoms with Crippen LogP contribution in [-0.2, 0) is 19.5 Å². The molecule has 0 atom stereocenters. The normalized spacial score (nSPS) is 15.1. The summed E-state index contributed by atoms with van der Waals surface area (Å²) in [6, 6.07) is 6.28. The van der Waals surface area contributed by atoms with Crippen LogP contribution in [0.2, 0.25) is 0 Å². The summed E-state index contributed by atoms with van der Waals surface area (Å²) in [5.41, 5.74) is 1.16. The van der Waals surface area contributed by atoms with E-state index in [1.54, 1.807) is 12.1 Å². The Kier molecular flexibility index (Phi) is 8.10. The van der Waals surface area contributed by atoms with Crippen LogP contribution in [0.4, 0.5) is 0 Å². The lowest BCUT2D eigenvalue weighted by Crippen LogP contribution is -2.35. The third kappa shape index (κ3) is 6.51. The van der Waals surface area contributed by atoms with Gasteiger partial charge in [0.25, 0.3) is 0 Å². The molecule has 0 saturated heterocycles. The second kappa shape index (κ2) is 10.3. The molecule has 1 heterocycles. The largest absolute Gasteiger partial charge is 0.497 e. The Balaban J connectivity index is 2.24. The number of ether oxygens (including phenoxy) is 3. The van der Waals surface area contributed by atoms with Crippen molar-refractivity contribution in [3.05, 3.63) is 71.9 Å². The summed E-state index contributed by atoms with van der Waals surface area (Å²) in [6.45, 7) is 10.2. The number of methoxy groups -OCH3 is 1. The van der Waals surface area contributed by atoms with Crippen LogP contribution < -0.4 is 4.74 Å². The van der Waals surface area contributed by atoms with E-state index in [0.29, 0.717) is 30.3 Å². The molecule has 0 spiro atoms. The van der Waals surface area contributed by atoms with Crippen molar-refractivity contribution >= 4 is 10.0 Å². The summed E-state index contributed by atoms with van der Waals surface area (Å²) in [6.07, 6.45) is 6.39. The van der Waals surface area contributed by atoms with Crippen molar-refractivity contribution in [2.45, 2.75) is 32.1 Å². The zero-order valence-electron chi connectivity index (χ0n) is 17.5. The molecule has 0 aromatic heterocycles. The lowest BCUT2D eigenvalue weighted by molar-refractivity contribution is 0.204. The highest BCUT2D eigenvalue weighted by Crippen LogP contribution is 2.26. The van der Waals surface area contributed by atoms with Crippen LogP contribution in [-0.4, -0.2) is 39.5 Å². The quantitative estimate of drug-likeness (QED) is 0.526. The first-order valence-electron chi connectivity index (χ1n) is 9.42. The van der Waals surface area contributed by atoms with Gasteiger partial charge in [0.05, 0.1) is 31.7 Å². The van der Waals surface area contributed by atoms with Gasteiger partial charge < -0.3 is 14.2 Å². The van der Waals surface area contributed by atoms with Crippen molar-refractivity contribution in [2.75, 3.05) is 26.8 Å². The van der Waals surface area contributed by atoms with Crippen molar-refractivity contribution in [1.29, 1.82) is 0 Å².